The number of fused-ring (bicyclic) bond motifs is 6. The molecular formula is C32H26O2S2. The molecule has 2 aromatic heterocycles. The van der Waals surface area contributed by atoms with E-state index < -0.39 is 0 Å². The van der Waals surface area contributed by atoms with E-state index in [1.165, 1.54) is 58.4 Å². The fourth-order valence-electron chi connectivity index (χ4n) is 5.72. The maximum Gasteiger partial charge on any atom is 0.114 e. The van der Waals surface area contributed by atoms with Gasteiger partial charge in [0, 0.05) is 38.6 Å². The third-order valence-corrected chi connectivity index (χ3v) is 9.52. The molecule has 178 valence electrons. The Morgan fingerprint density at radius 3 is 2.22 bits per heavy atom. The minimum absolute atomic E-state index is 0.173. The third-order valence-electron chi connectivity index (χ3n) is 7.63. The predicted octanol–water partition coefficient (Wildman–Crippen LogP) is 9.35. The molecule has 0 fully saturated rings. The van der Waals surface area contributed by atoms with Crippen molar-refractivity contribution in [1.29, 1.82) is 0 Å². The Labute approximate surface area is 218 Å². The van der Waals surface area contributed by atoms with Crippen molar-refractivity contribution >= 4 is 70.0 Å². The van der Waals surface area contributed by atoms with Crippen molar-refractivity contribution in [2.75, 3.05) is 14.2 Å². The molecule has 0 amide bonds. The Morgan fingerprint density at radius 1 is 0.750 bits per heavy atom. The summed E-state index contributed by atoms with van der Waals surface area (Å²) in [6, 6.07) is 14.2. The molecular weight excluding hydrogens is 480 g/mol. The van der Waals surface area contributed by atoms with Gasteiger partial charge in [-0.15, -0.1) is 22.7 Å². The number of hydrogen-bond donors (Lipinski definition) is 0. The van der Waals surface area contributed by atoms with Gasteiger partial charge in [0.1, 0.15) is 5.76 Å². The van der Waals surface area contributed by atoms with Crippen LogP contribution in [-0.4, -0.2) is 20.3 Å². The van der Waals surface area contributed by atoms with Crippen LogP contribution in [0.15, 0.2) is 89.4 Å². The smallest absolute Gasteiger partial charge is 0.114 e. The Balaban J connectivity index is 1.44. The van der Waals surface area contributed by atoms with E-state index in [2.05, 4.69) is 83.6 Å². The second kappa shape index (κ2) is 8.74. The van der Waals surface area contributed by atoms with Crippen LogP contribution in [0.1, 0.15) is 29.9 Å². The molecule has 0 saturated heterocycles. The lowest BCUT2D eigenvalue weighted by molar-refractivity contribution is 0.143. The summed E-state index contributed by atoms with van der Waals surface area (Å²) in [5, 5.41) is 12.5. The average Bonchev–Trinajstić information content (AvgIpc) is 3.62. The maximum atomic E-state index is 5.52. The van der Waals surface area contributed by atoms with Crippen LogP contribution in [0.5, 0.6) is 0 Å². The van der Waals surface area contributed by atoms with Crippen molar-refractivity contribution < 1.29 is 9.47 Å². The average molecular weight is 507 g/mol. The first-order valence-electron chi connectivity index (χ1n) is 12.3. The molecule has 2 atom stereocenters. The van der Waals surface area contributed by atoms with E-state index in [0.717, 1.165) is 18.6 Å². The fourth-order valence-corrected chi connectivity index (χ4v) is 7.63. The predicted molar refractivity (Wildman–Crippen MR) is 156 cm³/mol. The lowest BCUT2D eigenvalue weighted by Gasteiger charge is -2.19. The Morgan fingerprint density at radius 2 is 1.53 bits per heavy atom. The van der Waals surface area contributed by atoms with Crippen LogP contribution >= 0.6 is 22.7 Å². The van der Waals surface area contributed by atoms with Crippen LogP contribution in [0.3, 0.4) is 0 Å². The summed E-state index contributed by atoms with van der Waals surface area (Å²) in [7, 11) is 3.52. The zero-order valence-electron chi connectivity index (χ0n) is 20.3. The van der Waals surface area contributed by atoms with E-state index in [1.54, 1.807) is 14.2 Å². The van der Waals surface area contributed by atoms with E-state index in [1.807, 2.05) is 22.7 Å². The Bertz CT molecular complexity index is 1780. The van der Waals surface area contributed by atoms with Crippen LogP contribution in [-0.2, 0) is 9.47 Å². The van der Waals surface area contributed by atoms with Gasteiger partial charge >= 0.3 is 0 Å². The molecule has 2 heterocycles. The van der Waals surface area contributed by atoms with Crippen LogP contribution in [0.2, 0.25) is 0 Å². The highest BCUT2D eigenvalue weighted by Gasteiger charge is 2.19. The molecule has 0 saturated carbocycles. The second-order valence-electron chi connectivity index (χ2n) is 9.55. The topological polar surface area (TPSA) is 18.5 Å². The van der Waals surface area contributed by atoms with Crippen LogP contribution in [0.25, 0.3) is 47.3 Å². The maximum absolute atomic E-state index is 5.52. The monoisotopic (exact) mass is 506 g/mol. The third kappa shape index (κ3) is 3.47. The molecule has 0 radical (unpaired) electrons. The summed E-state index contributed by atoms with van der Waals surface area (Å²) < 4.78 is 13.7. The van der Waals surface area contributed by atoms with Gasteiger partial charge in [-0.3, -0.25) is 0 Å². The standard InChI is InChI=1S/C32H26O2S2/c1-33-23-7-3-19(4-8-23)27-16-21-15-22-17-28(20-5-9-24(34-2)10-6-20)26-12-14-36-32(26)30(22)18-29(21)31-25(27)11-13-35-31/h3-5,7,9-18,20,23H,6,8H2,1-2H3. The van der Waals surface area contributed by atoms with Gasteiger partial charge in [-0.1, -0.05) is 24.3 Å². The highest BCUT2D eigenvalue weighted by Crippen LogP contribution is 2.43. The van der Waals surface area contributed by atoms with Gasteiger partial charge < -0.3 is 9.47 Å². The molecule has 5 aromatic rings. The van der Waals surface area contributed by atoms with Gasteiger partial charge in [-0.25, -0.2) is 0 Å². The van der Waals surface area contributed by atoms with E-state index in [-0.39, 0.29) is 6.10 Å². The Kier molecular flexibility index (Phi) is 5.35. The van der Waals surface area contributed by atoms with Crippen molar-refractivity contribution in [1.82, 2.24) is 0 Å². The normalized spacial score (nSPS) is 19.9. The van der Waals surface area contributed by atoms with Crippen molar-refractivity contribution in [2.45, 2.75) is 24.9 Å². The summed E-state index contributed by atoms with van der Waals surface area (Å²) >= 11 is 3.70. The number of allylic oxidation sites excluding steroid dienone is 5. The van der Waals surface area contributed by atoms with Crippen LogP contribution < -0.4 is 0 Å². The molecule has 2 aliphatic rings. The summed E-state index contributed by atoms with van der Waals surface area (Å²) in [5.74, 6) is 1.32. The van der Waals surface area contributed by atoms with E-state index in [0.29, 0.717) is 5.92 Å². The van der Waals surface area contributed by atoms with E-state index in [4.69, 9.17) is 9.47 Å². The first kappa shape index (κ1) is 22.1. The molecule has 4 heteroatoms. The number of thiophene rings is 2. The molecule has 2 unspecified atom stereocenters. The molecule has 36 heavy (non-hydrogen) atoms. The van der Waals surface area contributed by atoms with Crippen molar-refractivity contribution in [3.05, 3.63) is 101 Å². The van der Waals surface area contributed by atoms with Gasteiger partial charge in [0.05, 0.1) is 13.2 Å². The van der Waals surface area contributed by atoms with Gasteiger partial charge in [0.15, 0.2) is 0 Å². The van der Waals surface area contributed by atoms with Crippen LogP contribution in [0, 0.1) is 0 Å². The van der Waals surface area contributed by atoms with Gasteiger partial charge in [0.25, 0.3) is 0 Å². The summed E-state index contributed by atoms with van der Waals surface area (Å²) in [4.78, 5) is 0. The minimum atomic E-state index is 0.173. The first-order valence-corrected chi connectivity index (χ1v) is 14.1. The zero-order chi connectivity index (χ0) is 24.2. The highest BCUT2D eigenvalue weighted by atomic mass is 32.1. The number of hydrogen-bond acceptors (Lipinski definition) is 4. The lowest BCUT2D eigenvalue weighted by atomic mass is 9.87. The molecule has 3 aromatic carbocycles. The molecule has 0 aliphatic heterocycles. The summed E-state index contributed by atoms with van der Waals surface area (Å²) in [6.07, 6.45) is 15.4. The molecule has 2 aliphatic carbocycles. The fraction of sp³-hybridized carbons (Fsp3) is 0.188. The first-order chi connectivity index (χ1) is 17.7. The lowest BCUT2D eigenvalue weighted by Crippen LogP contribution is -2.08. The SMILES string of the molecule is COC1=CCC(c2cc3cc4cc(C5=CCC(OC)C=C5)c5ccsc5c4cc3c3sccc23)C=C1. The Hall–Kier alpha value is -3.18. The van der Waals surface area contributed by atoms with Crippen molar-refractivity contribution in [3.63, 3.8) is 0 Å². The van der Waals surface area contributed by atoms with E-state index in [9.17, 15) is 0 Å². The van der Waals surface area contributed by atoms with Gasteiger partial charge in [0.2, 0.25) is 0 Å². The minimum Gasteiger partial charge on any atom is -0.497 e. The quantitative estimate of drug-likeness (QED) is 0.226. The summed E-state index contributed by atoms with van der Waals surface area (Å²) in [5.41, 5.74) is 4.01. The molecule has 2 nitrogen and oxygen atoms in total. The number of benzene rings is 3. The highest BCUT2D eigenvalue weighted by molar-refractivity contribution is 7.18. The van der Waals surface area contributed by atoms with Gasteiger partial charge in [-0.2, -0.15) is 0 Å². The van der Waals surface area contributed by atoms with Crippen molar-refractivity contribution in [2.24, 2.45) is 0 Å². The molecule has 0 bridgehead atoms. The molecule has 0 spiro atoms. The molecule has 7 rings (SSSR count). The number of methoxy groups -OCH3 is 2. The second-order valence-corrected chi connectivity index (χ2v) is 11.4. The number of rotatable bonds is 4. The van der Waals surface area contributed by atoms with Gasteiger partial charge in [-0.05, 0) is 105 Å². The summed E-state index contributed by atoms with van der Waals surface area (Å²) in [6.45, 7) is 0. The van der Waals surface area contributed by atoms with Crippen LogP contribution in [0.4, 0.5) is 0 Å². The largest absolute Gasteiger partial charge is 0.497 e. The zero-order valence-corrected chi connectivity index (χ0v) is 21.9. The van der Waals surface area contributed by atoms with E-state index >= 15 is 0 Å². The van der Waals surface area contributed by atoms with Crippen molar-refractivity contribution in [3.8, 4) is 0 Å². The molecule has 0 N–H and O–H groups in total. The number of ether oxygens (including phenoxy) is 2.